The Morgan fingerprint density at radius 2 is 2.05 bits per heavy atom. The molecular weight excluding hydrogens is 387 g/mol. The number of halogens is 2. The molecule has 0 radical (unpaired) electrons. The Kier molecular flexibility index (Phi) is 8.06. The van der Waals surface area contributed by atoms with E-state index >= 15 is 0 Å². The highest BCUT2D eigenvalue weighted by Gasteiger charge is 2.27. The molecule has 0 fully saturated rings. The third-order valence-corrected chi connectivity index (χ3v) is 4.59. The first-order valence-electron chi connectivity index (χ1n) is 6.57. The standard InChI is InChI=1S/C15H23IN2O.ClH/c1-10(2)8-15(4,9-17)18-14(19)12-7-5-6-11(3)13(12)16;/h5-7,10H,8-9,17H2,1-4H3,(H,18,19);1H. The number of nitrogens with one attached hydrogen (secondary N) is 1. The first kappa shape index (κ1) is 19.7. The van der Waals surface area contributed by atoms with E-state index < -0.39 is 0 Å². The van der Waals surface area contributed by atoms with Gasteiger partial charge in [-0.1, -0.05) is 26.0 Å². The number of nitrogens with two attached hydrogens (primary N) is 1. The van der Waals surface area contributed by atoms with Crippen molar-refractivity contribution < 1.29 is 4.79 Å². The molecule has 114 valence electrons. The van der Waals surface area contributed by atoms with E-state index in [1.807, 2.05) is 32.0 Å². The Bertz CT molecular complexity index is 465. The fourth-order valence-corrected chi connectivity index (χ4v) is 2.86. The summed E-state index contributed by atoms with van der Waals surface area (Å²) in [6.45, 7) is 8.73. The summed E-state index contributed by atoms with van der Waals surface area (Å²) < 4.78 is 1.00. The number of carbonyl (C=O) groups excluding carboxylic acids is 1. The van der Waals surface area contributed by atoms with Gasteiger partial charge in [0.15, 0.2) is 0 Å². The molecule has 0 spiro atoms. The highest BCUT2D eigenvalue weighted by Crippen LogP contribution is 2.20. The molecule has 0 saturated heterocycles. The zero-order valence-electron chi connectivity index (χ0n) is 12.5. The van der Waals surface area contributed by atoms with Gasteiger partial charge >= 0.3 is 0 Å². The van der Waals surface area contributed by atoms with Crippen molar-refractivity contribution in [1.82, 2.24) is 5.32 Å². The van der Waals surface area contributed by atoms with Crippen molar-refractivity contribution in [3.63, 3.8) is 0 Å². The van der Waals surface area contributed by atoms with Crippen LogP contribution in [0.15, 0.2) is 18.2 Å². The molecule has 0 bridgehead atoms. The first-order valence-corrected chi connectivity index (χ1v) is 7.64. The van der Waals surface area contributed by atoms with Gasteiger partial charge < -0.3 is 11.1 Å². The number of hydrogen-bond acceptors (Lipinski definition) is 2. The molecule has 1 aromatic rings. The Labute approximate surface area is 141 Å². The largest absolute Gasteiger partial charge is 0.346 e. The number of aryl methyl sites for hydroxylation is 1. The maximum atomic E-state index is 12.4. The molecule has 0 aliphatic carbocycles. The minimum Gasteiger partial charge on any atom is -0.346 e. The average Bonchev–Trinajstić information content (AvgIpc) is 2.31. The molecule has 3 nitrogen and oxygen atoms in total. The summed E-state index contributed by atoms with van der Waals surface area (Å²) in [5, 5.41) is 3.09. The van der Waals surface area contributed by atoms with Crippen molar-refractivity contribution in [3.8, 4) is 0 Å². The second-order valence-electron chi connectivity index (χ2n) is 5.75. The van der Waals surface area contributed by atoms with Crippen LogP contribution in [0.5, 0.6) is 0 Å². The van der Waals surface area contributed by atoms with Crippen LogP contribution >= 0.6 is 35.0 Å². The first-order chi connectivity index (χ1) is 8.79. The number of amides is 1. The molecule has 1 atom stereocenters. The second-order valence-corrected chi connectivity index (χ2v) is 6.83. The van der Waals surface area contributed by atoms with E-state index in [4.69, 9.17) is 5.73 Å². The lowest BCUT2D eigenvalue weighted by Gasteiger charge is -2.31. The van der Waals surface area contributed by atoms with Crippen molar-refractivity contribution in [2.24, 2.45) is 11.7 Å². The van der Waals surface area contributed by atoms with Crippen LogP contribution in [0.3, 0.4) is 0 Å². The molecule has 20 heavy (non-hydrogen) atoms. The maximum Gasteiger partial charge on any atom is 0.252 e. The van der Waals surface area contributed by atoms with Gasteiger partial charge in [0, 0.05) is 15.7 Å². The van der Waals surface area contributed by atoms with Crippen molar-refractivity contribution in [3.05, 3.63) is 32.9 Å². The summed E-state index contributed by atoms with van der Waals surface area (Å²) in [6, 6.07) is 5.78. The van der Waals surface area contributed by atoms with Gasteiger partial charge in [-0.3, -0.25) is 4.79 Å². The summed E-state index contributed by atoms with van der Waals surface area (Å²) in [7, 11) is 0. The molecule has 1 rings (SSSR count). The topological polar surface area (TPSA) is 55.1 Å². The number of rotatable bonds is 5. The van der Waals surface area contributed by atoms with Gasteiger partial charge in [-0.15, -0.1) is 12.4 Å². The number of benzene rings is 1. The van der Waals surface area contributed by atoms with Crippen LogP contribution in [-0.2, 0) is 0 Å². The maximum absolute atomic E-state index is 12.4. The van der Waals surface area contributed by atoms with Gasteiger partial charge in [-0.2, -0.15) is 0 Å². The molecule has 0 saturated carbocycles. The van der Waals surface area contributed by atoms with Crippen molar-refractivity contribution in [1.29, 1.82) is 0 Å². The number of hydrogen-bond donors (Lipinski definition) is 2. The molecular formula is C15H24ClIN2O. The minimum absolute atomic E-state index is 0. The Hall–Kier alpha value is -0.330. The fourth-order valence-electron chi connectivity index (χ4n) is 2.25. The molecule has 0 aromatic heterocycles. The van der Waals surface area contributed by atoms with E-state index in [0.29, 0.717) is 12.5 Å². The fraction of sp³-hybridized carbons (Fsp3) is 0.533. The van der Waals surface area contributed by atoms with Crippen LogP contribution in [0.4, 0.5) is 0 Å². The minimum atomic E-state index is -0.349. The van der Waals surface area contributed by atoms with Gasteiger partial charge in [0.25, 0.3) is 5.91 Å². The van der Waals surface area contributed by atoms with Crippen molar-refractivity contribution >= 4 is 40.9 Å². The summed E-state index contributed by atoms with van der Waals surface area (Å²) >= 11 is 2.22. The highest BCUT2D eigenvalue weighted by atomic mass is 127. The van der Waals surface area contributed by atoms with E-state index in [2.05, 4.69) is 41.8 Å². The lowest BCUT2D eigenvalue weighted by Crippen LogP contribution is -2.52. The SMILES string of the molecule is Cc1cccc(C(=O)NC(C)(CN)CC(C)C)c1I.Cl. The predicted octanol–water partition coefficient (Wildman–Crippen LogP) is 3.51. The van der Waals surface area contributed by atoms with E-state index in [9.17, 15) is 4.79 Å². The molecule has 1 amide bonds. The Balaban J connectivity index is 0.00000361. The van der Waals surface area contributed by atoms with Crippen molar-refractivity contribution in [2.45, 2.75) is 39.7 Å². The van der Waals surface area contributed by atoms with Crippen molar-refractivity contribution in [2.75, 3.05) is 6.54 Å². The molecule has 1 aromatic carbocycles. The normalized spacial score (nSPS) is 13.6. The summed E-state index contributed by atoms with van der Waals surface area (Å²) in [5.74, 6) is 0.451. The zero-order chi connectivity index (χ0) is 14.6. The van der Waals surface area contributed by atoms with E-state index in [1.54, 1.807) is 0 Å². The van der Waals surface area contributed by atoms with E-state index in [0.717, 1.165) is 21.1 Å². The monoisotopic (exact) mass is 410 g/mol. The summed E-state index contributed by atoms with van der Waals surface area (Å²) in [5.41, 5.74) is 7.33. The Morgan fingerprint density at radius 1 is 1.45 bits per heavy atom. The summed E-state index contributed by atoms with van der Waals surface area (Å²) in [4.78, 5) is 12.4. The molecule has 1 unspecified atom stereocenters. The molecule has 5 heteroatoms. The molecule has 0 aliphatic heterocycles. The average molecular weight is 411 g/mol. The van der Waals surface area contributed by atoms with E-state index in [-0.39, 0.29) is 23.9 Å². The smallest absolute Gasteiger partial charge is 0.252 e. The third kappa shape index (κ3) is 5.22. The van der Waals surface area contributed by atoms with Crippen LogP contribution in [0.25, 0.3) is 0 Å². The zero-order valence-corrected chi connectivity index (χ0v) is 15.5. The van der Waals surface area contributed by atoms with Gasteiger partial charge in [0.1, 0.15) is 0 Å². The van der Waals surface area contributed by atoms with Crippen LogP contribution in [0, 0.1) is 16.4 Å². The molecule has 0 heterocycles. The van der Waals surface area contributed by atoms with Crippen LogP contribution < -0.4 is 11.1 Å². The van der Waals surface area contributed by atoms with Gasteiger partial charge in [-0.05, 0) is 60.4 Å². The predicted molar refractivity (Wildman–Crippen MR) is 95.5 cm³/mol. The number of carbonyl (C=O) groups is 1. The lowest BCUT2D eigenvalue weighted by atomic mass is 9.90. The van der Waals surface area contributed by atoms with Crippen LogP contribution in [0.1, 0.15) is 43.1 Å². The van der Waals surface area contributed by atoms with Gasteiger partial charge in [0.2, 0.25) is 0 Å². The highest BCUT2D eigenvalue weighted by molar-refractivity contribution is 14.1. The lowest BCUT2D eigenvalue weighted by molar-refractivity contribution is 0.0897. The Morgan fingerprint density at radius 3 is 2.55 bits per heavy atom. The van der Waals surface area contributed by atoms with E-state index in [1.165, 1.54) is 0 Å². The van der Waals surface area contributed by atoms with Crippen LogP contribution in [-0.4, -0.2) is 18.0 Å². The molecule has 3 N–H and O–H groups in total. The van der Waals surface area contributed by atoms with Gasteiger partial charge in [-0.25, -0.2) is 0 Å². The van der Waals surface area contributed by atoms with Gasteiger partial charge in [0.05, 0.1) is 5.56 Å². The quantitative estimate of drug-likeness (QED) is 0.730. The van der Waals surface area contributed by atoms with Crippen LogP contribution in [0.2, 0.25) is 0 Å². The second kappa shape index (κ2) is 8.20. The summed E-state index contributed by atoms with van der Waals surface area (Å²) in [6.07, 6.45) is 0.873. The third-order valence-electron chi connectivity index (χ3n) is 3.16. The molecule has 0 aliphatic rings.